The van der Waals surface area contributed by atoms with Gasteiger partial charge in [-0.3, -0.25) is 0 Å². The van der Waals surface area contributed by atoms with Crippen molar-refractivity contribution in [1.82, 2.24) is 0 Å². The van der Waals surface area contributed by atoms with Gasteiger partial charge >= 0.3 is 0 Å². The maximum Gasteiger partial charge on any atom is 0.168 e. The lowest BCUT2D eigenvalue weighted by Gasteiger charge is -2.28. The first-order valence-electron chi connectivity index (χ1n) is 19.1. The molecule has 1 saturated heterocycles. The molecule has 0 bridgehead atoms. The molecule has 1 fully saturated rings. The first-order chi connectivity index (χ1) is 21.3. The fourth-order valence-corrected chi connectivity index (χ4v) is 6.26. The Bertz CT molecular complexity index is 657. The Morgan fingerprint density at radius 1 is 0.512 bits per heavy atom. The molecule has 0 spiro atoms. The highest BCUT2D eigenvalue weighted by atomic mass is 35.5. The monoisotopic (exact) mass is 621 g/mol. The molecule has 1 rings (SSSR count). The summed E-state index contributed by atoms with van der Waals surface area (Å²) in [6.07, 6.45) is 50.5. The number of alkyl halides is 1. The third-order valence-corrected chi connectivity index (χ3v) is 9.26. The van der Waals surface area contributed by atoms with Gasteiger partial charge in [-0.2, -0.15) is 0 Å². The van der Waals surface area contributed by atoms with Crippen molar-refractivity contribution in [3.8, 4) is 0 Å². The topological polar surface area (TPSA) is 18.5 Å². The highest BCUT2D eigenvalue weighted by Gasteiger charge is 2.40. The van der Waals surface area contributed by atoms with Crippen molar-refractivity contribution in [2.24, 2.45) is 0 Å². The summed E-state index contributed by atoms with van der Waals surface area (Å²) in [5, 5.41) is 0. The van der Waals surface area contributed by atoms with Crippen molar-refractivity contribution in [1.29, 1.82) is 0 Å². The SMILES string of the molecule is CCCCCC=CCC=CCCCCCCCCC1(CCCCCCCCC=CCCCCCCCC)OCC(CCl)O1. The average molecular weight is 621 g/mol. The van der Waals surface area contributed by atoms with Gasteiger partial charge < -0.3 is 9.47 Å². The fraction of sp³-hybridized carbons (Fsp3) is 0.850. The van der Waals surface area contributed by atoms with Crippen molar-refractivity contribution in [2.45, 2.75) is 206 Å². The number of halogens is 1. The van der Waals surface area contributed by atoms with Crippen LogP contribution in [0.1, 0.15) is 194 Å². The summed E-state index contributed by atoms with van der Waals surface area (Å²) in [7, 11) is 0. The molecule has 1 heterocycles. The molecule has 0 radical (unpaired) electrons. The van der Waals surface area contributed by atoms with E-state index in [1.54, 1.807) is 0 Å². The van der Waals surface area contributed by atoms with E-state index in [2.05, 4.69) is 50.3 Å². The number of allylic oxidation sites excluding steroid dienone is 6. The molecule has 2 nitrogen and oxygen atoms in total. The van der Waals surface area contributed by atoms with Gasteiger partial charge in [-0.15, -0.1) is 11.6 Å². The second kappa shape index (κ2) is 31.4. The van der Waals surface area contributed by atoms with Crippen LogP contribution < -0.4 is 0 Å². The minimum absolute atomic E-state index is 0.0698. The van der Waals surface area contributed by atoms with Gasteiger partial charge in [0, 0.05) is 12.8 Å². The third-order valence-electron chi connectivity index (χ3n) is 8.91. The van der Waals surface area contributed by atoms with Gasteiger partial charge in [-0.1, -0.05) is 147 Å². The average Bonchev–Trinajstić information content (AvgIpc) is 3.44. The molecular formula is C40H73ClO2. The highest BCUT2D eigenvalue weighted by molar-refractivity contribution is 6.18. The van der Waals surface area contributed by atoms with Gasteiger partial charge in [-0.25, -0.2) is 0 Å². The maximum atomic E-state index is 6.37. The van der Waals surface area contributed by atoms with E-state index in [0.29, 0.717) is 12.5 Å². The van der Waals surface area contributed by atoms with E-state index >= 15 is 0 Å². The van der Waals surface area contributed by atoms with Crippen LogP contribution in [0.3, 0.4) is 0 Å². The number of hydrogen-bond donors (Lipinski definition) is 0. The van der Waals surface area contributed by atoms with Crippen LogP contribution in [0.15, 0.2) is 36.5 Å². The van der Waals surface area contributed by atoms with Gasteiger partial charge in [0.05, 0.1) is 18.6 Å². The van der Waals surface area contributed by atoms with Gasteiger partial charge in [0.2, 0.25) is 0 Å². The van der Waals surface area contributed by atoms with Crippen molar-refractivity contribution in [3.05, 3.63) is 36.5 Å². The van der Waals surface area contributed by atoms with Gasteiger partial charge in [-0.05, 0) is 70.6 Å². The molecule has 252 valence electrons. The molecule has 2 atom stereocenters. The summed E-state index contributed by atoms with van der Waals surface area (Å²) in [4.78, 5) is 0. The van der Waals surface area contributed by atoms with Gasteiger partial charge in [0.15, 0.2) is 5.79 Å². The molecule has 3 heteroatoms. The minimum Gasteiger partial charge on any atom is -0.347 e. The zero-order valence-corrected chi connectivity index (χ0v) is 29.7. The van der Waals surface area contributed by atoms with Crippen LogP contribution in [-0.4, -0.2) is 24.4 Å². The number of ether oxygens (including phenoxy) is 2. The number of hydrogen-bond acceptors (Lipinski definition) is 2. The van der Waals surface area contributed by atoms with E-state index < -0.39 is 0 Å². The summed E-state index contributed by atoms with van der Waals surface area (Å²) in [6.45, 7) is 5.22. The fourth-order valence-electron chi connectivity index (χ4n) is 6.10. The van der Waals surface area contributed by atoms with Crippen LogP contribution in [0.2, 0.25) is 0 Å². The van der Waals surface area contributed by atoms with Crippen molar-refractivity contribution >= 4 is 11.6 Å². The molecule has 2 unspecified atom stereocenters. The minimum atomic E-state index is -0.365. The Kier molecular flexibility index (Phi) is 29.6. The van der Waals surface area contributed by atoms with E-state index in [4.69, 9.17) is 21.1 Å². The lowest BCUT2D eigenvalue weighted by molar-refractivity contribution is -0.177. The standard InChI is InChI=1S/C40H73ClO2/c1-3-5-7-9-11-13-15-17-19-21-23-25-27-29-31-33-35-40(42-38-39(37-41)43-40)36-34-32-30-28-26-24-22-20-18-16-14-12-10-8-6-4-2/h11,13,17-20,39H,3-10,12,14-16,21-38H2,1-2H3. The molecular weight excluding hydrogens is 548 g/mol. The van der Waals surface area contributed by atoms with Gasteiger partial charge in [0.1, 0.15) is 0 Å². The molecule has 0 aromatic heterocycles. The van der Waals surface area contributed by atoms with E-state index in [1.807, 2.05) is 0 Å². The molecule has 0 aromatic rings. The van der Waals surface area contributed by atoms with E-state index in [0.717, 1.165) is 19.3 Å². The van der Waals surface area contributed by atoms with Crippen LogP contribution in [0.25, 0.3) is 0 Å². The predicted molar refractivity (Wildman–Crippen MR) is 192 cm³/mol. The molecule has 1 aliphatic heterocycles. The summed E-state index contributed by atoms with van der Waals surface area (Å²) >= 11 is 6.12. The zero-order chi connectivity index (χ0) is 30.9. The molecule has 43 heavy (non-hydrogen) atoms. The Balaban J connectivity index is 2.02. The van der Waals surface area contributed by atoms with Crippen LogP contribution in [0.5, 0.6) is 0 Å². The molecule has 1 aliphatic rings. The molecule has 0 aliphatic carbocycles. The first kappa shape index (κ1) is 40.5. The zero-order valence-electron chi connectivity index (χ0n) is 28.9. The molecule has 0 aromatic carbocycles. The normalized spacial score (nSPS) is 19.2. The van der Waals surface area contributed by atoms with Crippen LogP contribution in [0.4, 0.5) is 0 Å². The lowest BCUT2D eigenvalue weighted by atomic mass is 9.98. The second-order valence-corrected chi connectivity index (χ2v) is 13.4. The molecule has 0 saturated carbocycles. The Morgan fingerprint density at radius 3 is 1.33 bits per heavy atom. The quantitative estimate of drug-likeness (QED) is 0.0423. The highest BCUT2D eigenvalue weighted by Crippen LogP contribution is 2.35. The van der Waals surface area contributed by atoms with E-state index in [1.165, 1.54) is 161 Å². The lowest BCUT2D eigenvalue weighted by Crippen LogP contribution is -2.31. The van der Waals surface area contributed by atoms with Crippen molar-refractivity contribution in [2.75, 3.05) is 12.5 Å². The molecule has 0 N–H and O–H groups in total. The summed E-state index contributed by atoms with van der Waals surface area (Å²) in [5.74, 6) is 0.175. The maximum absolute atomic E-state index is 6.37. The van der Waals surface area contributed by atoms with Crippen LogP contribution in [-0.2, 0) is 9.47 Å². The number of unbranched alkanes of at least 4 members (excludes halogenated alkanes) is 21. The predicted octanol–water partition coefficient (Wildman–Crippen LogP) is 14.0. The van der Waals surface area contributed by atoms with Crippen LogP contribution in [0, 0.1) is 0 Å². The van der Waals surface area contributed by atoms with Crippen molar-refractivity contribution < 1.29 is 9.47 Å². The third kappa shape index (κ3) is 25.3. The molecule has 0 amide bonds. The summed E-state index contributed by atoms with van der Waals surface area (Å²) in [5.41, 5.74) is 0. The van der Waals surface area contributed by atoms with Crippen LogP contribution >= 0.6 is 11.6 Å². The van der Waals surface area contributed by atoms with E-state index in [9.17, 15) is 0 Å². The van der Waals surface area contributed by atoms with Gasteiger partial charge in [0.25, 0.3) is 0 Å². The second-order valence-electron chi connectivity index (χ2n) is 13.1. The largest absolute Gasteiger partial charge is 0.347 e. The smallest absolute Gasteiger partial charge is 0.168 e. The van der Waals surface area contributed by atoms with E-state index in [-0.39, 0.29) is 11.9 Å². The first-order valence-corrected chi connectivity index (χ1v) is 19.6. The Labute approximate surface area is 274 Å². The Morgan fingerprint density at radius 2 is 0.884 bits per heavy atom. The Hall–Kier alpha value is -0.570. The number of rotatable bonds is 32. The summed E-state index contributed by atoms with van der Waals surface area (Å²) < 4.78 is 12.6. The summed E-state index contributed by atoms with van der Waals surface area (Å²) in [6, 6.07) is 0. The van der Waals surface area contributed by atoms with Crippen molar-refractivity contribution in [3.63, 3.8) is 0 Å².